The SMILES string of the molecule is COc1ccc(/C(C)=N\OCc2nc3c4c(-c5ccccc5)c(-c5ccccc5)n(Cc5ccco5)c4ncn3n2)cc1OC. The minimum absolute atomic E-state index is 0.0765. The van der Waals surface area contributed by atoms with E-state index < -0.39 is 0 Å². The van der Waals surface area contributed by atoms with Crippen LogP contribution in [0, 0.1) is 0 Å². The molecule has 0 N–H and O–H groups in total. The lowest BCUT2D eigenvalue weighted by Crippen LogP contribution is -2.03. The number of benzene rings is 3. The fourth-order valence-corrected chi connectivity index (χ4v) is 5.54. The molecule has 7 aromatic rings. The second-order valence-electron chi connectivity index (χ2n) is 10.4. The van der Waals surface area contributed by atoms with E-state index in [4.69, 9.17) is 28.7 Å². The smallest absolute Gasteiger partial charge is 0.192 e. The molecule has 0 unspecified atom stereocenters. The van der Waals surface area contributed by atoms with E-state index in [1.165, 1.54) is 0 Å². The molecule has 4 aromatic heterocycles. The third kappa shape index (κ3) is 5.27. The molecule has 4 heterocycles. The van der Waals surface area contributed by atoms with E-state index in [9.17, 15) is 0 Å². The third-order valence-electron chi connectivity index (χ3n) is 7.62. The standard InChI is InChI=1S/C35H30N6O4/c1-23(26-16-17-28(42-2)29(19-26)43-3)39-45-21-30-37-35-32-31(24-11-6-4-7-12-24)33(25-13-8-5-9-14-25)40(20-27-15-10-18-44-27)34(32)36-22-41(35)38-30/h4-19,22H,20-21H2,1-3H3/b39-23-. The predicted octanol–water partition coefficient (Wildman–Crippen LogP) is 7.01. The lowest BCUT2D eigenvalue weighted by Gasteiger charge is -2.11. The maximum absolute atomic E-state index is 5.78. The topological polar surface area (TPSA) is 101 Å². The monoisotopic (exact) mass is 598 g/mol. The molecular weight excluding hydrogens is 568 g/mol. The molecular formula is C35H30N6O4. The van der Waals surface area contributed by atoms with Crippen LogP contribution in [0.1, 0.15) is 24.1 Å². The Labute approximate surface area is 259 Å². The zero-order chi connectivity index (χ0) is 30.8. The average Bonchev–Trinajstić information content (AvgIpc) is 3.83. The van der Waals surface area contributed by atoms with Crippen LogP contribution in [-0.2, 0) is 18.0 Å². The van der Waals surface area contributed by atoms with Gasteiger partial charge in [-0.2, -0.15) is 0 Å². The van der Waals surface area contributed by atoms with Crippen molar-refractivity contribution in [3.63, 3.8) is 0 Å². The summed E-state index contributed by atoms with van der Waals surface area (Å²) in [5.41, 5.74) is 7.12. The van der Waals surface area contributed by atoms with Gasteiger partial charge >= 0.3 is 0 Å². The van der Waals surface area contributed by atoms with Crippen molar-refractivity contribution in [1.29, 1.82) is 0 Å². The Bertz CT molecular complexity index is 2120. The Balaban J connectivity index is 1.32. The number of oxime groups is 1. The van der Waals surface area contributed by atoms with E-state index in [2.05, 4.69) is 39.1 Å². The molecule has 0 radical (unpaired) electrons. The maximum atomic E-state index is 5.78. The lowest BCUT2D eigenvalue weighted by molar-refractivity contribution is 0.125. The fraction of sp³-hybridized carbons (Fsp3) is 0.143. The highest BCUT2D eigenvalue weighted by Crippen LogP contribution is 2.42. The summed E-state index contributed by atoms with van der Waals surface area (Å²) in [6.45, 7) is 2.44. The van der Waals surface area contributed by atoms with E-state index in [0.29, 0.717) is 35.2 Å². The van der Waals surface area contributed by atoms with Crippen LogP contribution in [0.3, 0.4) is 0 Å². The second kappa shape index (κ2) is 12.0. The molecule has 10 nitrogen and oxygen atoms in total. The molecule has 0 fully saturated rings. The van der Waals surface area contributed by atoms with Crippen molar-refractivity contribution < 1.29 is 18.7 Å². The molecule has 0 atom stereocenters. The Kier molecular flexibility index (Phi) is 7.44. The first-order chi connectivity index (χ1) is 22.1. The summed E-state index contributed by atoms with van der Waals surface area (Å²) < 4.78 is 20.4. The summed E-state index contributed by atoms with van der Waals surface area (Å²) in [7, 11) is 3.20. The van der Waals surface area contributed by atoms with Gasteiger partial charge in [-0.1, -0.05) is 65.8 Å². The van der Waals surface area contributed by atoms with E-state index in [1.807, 2.05) is 73.7 Å². The van der Waals surface area contributed by atoms with Gasteiger partial charge in [0.2, 0.25) is 0 Å². The number of fused-ring (bicyclic) bond motifs is 3. The number of methoxy groups -OCH3 is 2. The average molecular weight is 599 g/mol. The third-order valence-corrected chi connectivity index (χ3v) is 7.62. The van der Waals surface area contributed by atoms with Gasteiger partial charge in [0.1, 0.15) is 17.7 Å². The molecule has 0 bridgehead atoms. The highest BCUT2D eigenvalue weighted by molar-refractivity contribution is 6.09. The summed E-state index contributed by atoms with van der Waals surface area (Å²) in [4.78, 5) is 15.6. The molecule has 0 aliphatic rings. The summed E-state index contributed by atoms with van der Waals surface area (Å²) in [6.07, 6.45) is 3.38. The molecule has 0 amide bonds. The Morgan fingerprint density at radius 1 is 0.844 bits per heavy atom. The van der Waals surface area contributed by atoms with Gasteiger partial charge in [0, 0.05) is 11.1 Å². The van der Waals surface area contributed by atoms with E-state index in [-0.39, 0.29) is 6.61 Å². The molecule has 0 aliphatic carbocycles. The maximum Gasteiger partial charge on any atom is 0.192 e. The molecule has 0 spiro atoms. The van der Waals surface area contributed by atoms with Crippen LogP contribution in [0.4, 0.5) is 0 Å². The van der Waals surface area contributed by atoms with Gasteiger partial charge in [0.05, 0.1) is 43.8 Å². The Morgan fingerprint density at radius 2 is 1.60 bits per heavy atom. The number of furan rings is 1. The van der Waals surface area contributed by atoms with Gasteiger partial charge in [-0.05, 0) is 48.4 Å². The highest BCUT2D eigenvalue weighted by Gasteiger charge is 2.25. The molecule has 45 heavy (non-hydrogen) atoms. The van der Waals surface area contributed by atoms with Crippen LogP contribution in [0.15, 0.2) is 113 Å². The van der Waals surface area contributed by atoms with Gasteiger partial charge in [-0.3, -0.25) is 0 Å². The number of hydrogen-bond donors (Lipinski definition) is 0. The van der Waals surface area contributed by atoms with Crippen LogP contribution in [0.2, 0.25) is 0 Å². The van der Waals surface area contributed by atoms with Crippen molar-refractivity contribution in [3.8, 4) is 33.9 Å². The number of hydrogen-bond acceptors (Lipinski definition) is 8. The van der Waals surface area contributed by atoms with Crippen LogP contribution < -0.4 is 9.47 Å². The molecule has 7 rings (SSSR count). The minimum Gasteiger partial charge on any atom is -0.493 e. The van der Waals surface area contributed by atoms with Gasteiger partial charge in [0.25, 0.3) is 0 Å². The number of ether oxygens (including phenoxy) is 2. The predicted molar refractivity (Wildman–Crippen MR) is 172 cm³/mol. The molecule has 224 valence electrons. The Hall–Kier alpha value is -5.90. The summed E-state index contributed by atoms with van der Waals surface area (Å²) in [5, 5.41) is 9.89. The van der Waals surface area contributed by atoms with Crippen LogP contribution in [0.5, 0.6) is 11.5 Å². The van der Waals surface area contributed by atoms with E-state index in [0.717, 1.165) is 44.7 Å². The van der Waals surface area contributed by atoms with Crippen LogP contribution in [-0.4, -0.2) is 44.1 Å². The van der Waals surface area contributed by atoms with Crippen LogP contribution >= 0.6 is 0 Å². The molecule has 0 aliphatic heterocycles. The largest absolute Gasteiger partial charge is 0.493 e. The van der Waals surface area contributed by atoms with Crippen molar-refractivity contribution >= 4 is 22.4 Å². The van der Waals surface area contributed by atoms with Gasteiger partial charge in [-0.15, -0.1) is 5.10 Å². The zero-order valence-corrected chi connectivity index (χ0v) is 25.0. The first-order valence-corrected chi connectivity index (χ1v) is 14.4. The van der Waals surface area contributed by atoms with Crippen LogP contribution in [0.25, 0.3) is 39.1 Å². The molecule has 10 heteroatoms. The van der Waals surface area contributed by atoms with Crippen molar-refractivity contribution in [1.82, 2.24) is 24.1 Å². The summed E-state index contributed by atoms with van der Waals surface area (Å²) in [6, 6.07) is 30.1. The quantitative estimate of drug-likeness (QED) is 0.123. The normalized spacial score (nSPS) is 11.8. The van der Waals surface area contributed by atoms with E-state index in [1.54, 1.807) is 31.3 Å². The number of nitrogens with zero attached hydrogens (tertiary/aromatic N) is 6. The second-order valence-corrected chi connectivity index (χ2v) is 10.4. The van der Waals surface area contributed by atoms with Crippen molar-refractivity contribution in [3.05, 3.63) is 121 Å². The molecule has 0 saturated carbocycles. The molecule has 3 aromatic carbocycles. The molecule has 0 saturated heterocycles. The fourth-order valence-electron chi connectivity index (χ4n) is 5.54. The lowest BCUT2D eigenvalue weighted by atomic mass is 9.99. The van der Waals surface area contributed by atoms with E-state index >= 15 is 0 Å². The number of aromatic nitrogens is 5. The minimum atomic E-state index is 0.0765. The van der Waals surface area contributed by atoms with Crippen molar-refractivity contribution in [2.75, 3.05) is 14.2 Å². The van der Waals surface area contributed by atoms with Gasteiger partial charge < -0.3 is 23.3 Å². The first-order valence-electron chi connectivity index (χ1n) is 14.4. The van der Waals surface area contributed by atoms with Crippen molar-refractivity contribution in [2.24, 2.45) is 5.16 Å². The van der Waals surface area contributed by atoms with Crippen molar-refractivity contribution in [2.45, 2.75) is 20.1 Å². The summed E-state index contributed by atoms with van der Waals surface area (Å²) in [5.74, 6) is 2.56. The summed E-state index contributed by atoms with van der Waals surface area (Å²) >= 11 is 0. The Morgan fingerprint density at radius 3 is 2.31 bits per heavy atom. The zero-order valence-electron chi connectivity index (χ0n) is 25.0. The van der Waals surface area contributed by atoms with Gasteiger partial charge in [0.15, 0.2) is 29.6 Å². The highest BCUT2D eigenvalue weighted by atomic mass is 16.6. The number of rotatable bonds is 10. The van der Waals surface area contributed by atoms with Gasteiger partial charge in [-0.25, -0.2) is 14.5 Å². The first kappa shape index (κ1) is 27.9.